The molecule has 0 spiro atoms. The highest BCUT2D eigenvalue weighted by Crippen LogP contribution is 2.38. The summed E-state index contributed by atoms with van der Waals surface area (Å²) >= 11 is 0. The Bertz CT molecular complexity index is 509. The minimum Gasteiger partial charge on any atom is -0.324 e. The molecule has 1 fully saturated rings. The van der Waals surface area contributed by atoms with Gasteiger partial charge in [0, 0.05) is 6.04 Å². The van der Waals surface area contributed by atoms with E-state index in [4.69, 9.17) is 5.73 Å². The van der Waals surface area contributed by atoms with Gasteiger partial charge in [-0.3, -0.25) is 0 Å². The van der Waals surface area contributed by atoms with Gasteiger partial charge in [0.15, 0.2) is 0 Å². The molecule has 0 radical (unpaired) electrons. The molecule has 2 aromatic rings. The predicted octanol–water partition coefficient (Wildman–Crippen LogP) is 2.14. The molecule has 78 valence electrons. The van der Waals surface area contributed by atoms with Crippen molar-refractivity contribution >= 4 is 11.0 Å². The summed E-state index contributed by atoms with van der Waals surface area (Å²) in [6.07, 6.45) is 2.54. The molecule has 1 aromatic heterocycles. The van der Waals surface area contributed by atoms with Crippen LogP contribution in [0.25, 0.3) is 11.0 Å². The number of aromatic nitrogens is 2. The van der Waals surface area contributed by atoms with E-state index in [-0.39, 0.29) is 0 Å². The number of imidazole rings is 1. The van der Waals surface area contributed by atoms with Crippen LogP contribution in [0.3, 0.4) is 0 Å². The molecular formula is C12H15N3. The molecule has 3 rings (SSSR count). The SMILES string of the molecule is Cc1ccc2c(c1)nc(CN)n2C1CC1. The molecule has 1 aliphatic rings. The summed E-state index contributed by atoms with van der Waals surface area (Å²) in [5.74, 6) is 1.03. The van der Waals surface area contributed by atoms with E-state index in [0.29, 0.717) is 12.6 Å². The molecule has 1 aliphatic carbocycles. The second-order valence-electron chi connectivity index (χ2n) is 4.33. The fraction of sp³-hybridized carbons (Fsp3) is 0.417. The summed E-state index contributed by atoms with van der Waals surface area (Å²) < 4.78 is 2.31. The van der Waals surface area contributed by atoms with Crippen LogP contribution in [0.2, 0.25) is 0 Å². The lowest BCUT2D eigenvalue weighted by Crippen LogP contribution is -2.06. The molecule has 0 atom stereocenters. The third-order valence-electron chi connectivity index (χ3n) is 3.01. The third-order valence-corrected chi connectivity index (χ3v) is 3.01. The van der Waals surface area contributed by atoms with E-state index in [1.807, 2.05) is 0 Å². The van der Waals surface area contributed by atoms with E-state index in [2.05, 4.69) is 34.7 Å². The van der Waals surface area contributed by atoms with Crippen LogP contribution in [0, 0.1) is 6.92 Å². The molecular weight excluding hydrogens is 186 g/mol. The Morgan fingerprint density at radius 2 is 2.27 bits per heavy atom. The molecule has 0 unspecified atom stereocenters. The number of fused-ring (bicyclic) bond motifs is 1. The minimum absolute atomic E-state index is 0.532. The van der Waals surface area contributed by atoms with E-state index in [0.717, 1.165) is 11.3 Å². The molecule has 3 nitrogen and oxygen atoms in total. The summed E-state index contributed by atoms with van der Waals surface area (Å²) in [4.78, 5) is 4.59. The molecule has 0 aliphatic heterocycles. The van der Waals surface area contributed by atoms with Crippen LogP contribution >= 0.6 is 0 Å². The van der Waals surface area contributed by atoms with Gasteiger partial charge >= 0.3 is 0 Å². The summed E-state index contributed by atoms with van der Waals surface area (Å²) in [6.45, 7) is 2.63. The Balaban J connectivity index is 2.28. The van der Waals surface area contributed by atoms with Gasteiger partial charge in [-0.2, -0.15) is 0 Å². The van der Waals surface area contributed by atoms with Gasteiger partial charge in [-0.05, 0) is 37.5 Å². The summed E-state index contributed by atoms with van der Waals surface area (Å²) in [5.41, 5.74) is 9.32. The monoisotopic (exact) mass is 201 g/mol. The average molecular weight is 201 g/mol. The first kappa shape index (κ1) is 8.92. The third kappa shape index (κ3) is 1.35. The smallest absolute Gasteiger partial charge is 0.123 e. The van der Waals surface area contributed by atoms with E-state index < -0.39 is 0 Å². The van der Waals surface area contributed by atoms with Crippen molar-refractivity contribution < 1.29 is 0 Å². The second kappa shape index (κ2) is 3.07. The highest BCUT2D eigenvalue weighted by molar-refractivity contribution is 5.77. The van der Waals surface area contributed by atoms with E-state index in [9.17, 15) is 0 Å². The summed E-state index contributed by atoms with van der Waals surface area (Å²) in [5, 5.41) is 0. The number of aryl methyl sites for hydroxylation is 1. The fourth-order valence-corrected chi connectivity index (χ4v) is 2.14. The number of hydrogen-bond acceptors (Lipinski definition) is 2. The van der Waals surface area contributed by atoms with E-state index >= 15 is 0 Å². The maximum atomic E-state index is 5.73. The number of hydrogen-bond donors (Lipinski definition) is 1. The first-order valence-electron chi connectivity index (χ1n) is 5.47. The Morgan fingerprint density at radius 1 is 1.47 bits per heavy atom. The molecule has 1 heterocycles. The lowest BCUT2D eigenvalue weighted by molar-refractivity contribution is 0.701. The van der Waals surface area contributed by atoms with Gasteiger partial charge in [0.1, 0.15) is 5.82 Å². The Morgan fingerprint density at radius 3 is 2.93 bits per heavy atom. The number of rotatable bonds is 2. The Kier molecular flexibility index (Phi) is 1.83. The number of benzene rings is 1. The second-order valence-corrected chi connectivity index (χ2v) is 4.33. The molecule has 0 amide bonds. The molecule has 0 bridgehead atoms. The summed E-state index contributed by atoms with van der Waals surface area (Å²) in [7, 11) is 0. The van der Waals surface area contributed by atoms with Gasteiger partial charge in [-0.15, -0.1) is 0 Å². The lowest BCUT2D eigenvalue weighted by Gasteiger charge is -2.05. The normalized spacial score (nSPS) is 16.1. The first-order chi connectivity index (χ1) is 7.29. The van der Waals surface area contributed by atoms with Crippen molar-refractivity contribution in [3.8, 4) is 0 Å². The van der Waals surface area contributed by atoms with Gasteiger partial charge in [-0.25, -0.2) is 4.98 Å². The van der Waals surface area contributed by atoms with Crippen molar-refractivity contribution in [3.05, 3.63) is 29.6 Å². The van der Waals surface area contributed by atoms with Crippen LogP contribution in [0.4, 0.5) is 0 Å². The quantitative estimate of drug-likeness (QED) is 0.809. The van der Waals surface area contributed by atoms with Gasteiger partial charge in [0.25, 0.3) is 0 Å². The molecule has 15 heavy (non-hydrogen) atoms. The van der Waals surface area contributed by atoms with Crippen LogP contribution < -0.4 is 5.73 Å². The highest BCUT2D eigenvalue weighted by atomic mass is 15.1. The molecule has 1 saturated carbocycles. The van der Waals surface area contributed by atoms with Crippen LogP contribution in [0.1, 0.15) is 30.3 Å². The average Bonchev–Trinajstić information content (AvgIpc) is 2.99. The largest absolute Gasteiger partial charge is 0.324 e. The van der Waals surface area contributed by atoms with Gasteiger partial charge < -0.3 is 10.3 Å². The van der Waals surface area contributed by atoms with Crippen LogP contribution in [0.15, 0.2) is 18.2 Å². The van der Waals surface area contributed by atoms with Crippen molar-refractivity contribution in [2.45, 2.75) is 32.4 Å². The van der Waals surface area contributed by atoms with Crippen molar-refractivity contribution in [2.24, 2.45) is 5.73 Å². The van der Waals surface area contributed by atoms with Crippen molar-refractivity contribution in [1.29, 1.82) is 0 Å². The predicted molar refractivity (Wildman–Crippen MR) is 60.6 cm³/mol. The van der Waals surface area contributed by atoms with Crippen LogP contribution in [-0.2, 0) is 6.54 Å². The number of nitrogens with zero attached hydrogens (tertiary/aromatic N) is 2. The summed E-state index contributed by atoms with van der Waals surface area (Å²) in [6, 6.07) is 7.09. The van der Waals surface area contributed by atoms with Crippen molar-refractivity contribution in [2.75, 3.05) is 0 Å². The zero-order valence-corrected chi connectivity index (χ0v) is 8.90. The molecule has 3 heteroatoms. The Hall–Kier alpha value is -1.35. The fourth-order valence-electron chi connectivity index (χ4n) is 2.14. The van der Waals surface area contributed by atoms with Crippen LogP contribution in [0.5, 0.6) is 0 Å². The van der Waals surface area contributed by atoms with Gasteiger partial charge in [0.05, 0.1) is 17.6 Å². The standard InChI is InChI=1S/C12H15N3/c1-8-2-5-11-10(6-8)14-12(7-13)15(11)9-3-4-9/h2,5-6,9H,3-4,7,13H2,1H3. The first-order valence-corrected chi connectivity index (χ1v) is 5.47. The maximum Gasteiger partial charge on any atom is 0.123 e. The Labute approximate surface area is 88.9 Å². The van der Waals surface area contributed by atoms with Crippen molar-refractivity contribution in [1.82, 2.24) is 9.55 Å². The van der Waals surface area contributed by atoms with Gasteiger partial charge in [-0.1, -0.05) is 6.07 Å². The van der Waals surface area contributed by atoms with E-state index in [1.54, 1.807) is 0 Å². The van der Waals surface area contributed by atoms with Crippen molar-refractivity contribution in [3.63, 3.8) is 0 Å². The van der Waals surface area contributed by atoms with Gasteiger partial charge in [0.2, 0.25) is 0 Å². The maximum absolute atomic E-state index is 5.73. The van der Waals surface area contributed by atoms with E-state index in [1.165, 1.54) is 23.9 Å². The van der Waals surface area contributed by atoms with Crippen LogP contribution in [-0.4, -0.2) is 9.55 Å². The zero-order valence-electron chi connectivity index (χ0n) is 8.90. The molecule has 0 saturated heterocycles. The minimum atomic E-state index is 0.532. The topological polar surface area (TPSA) is 43.8 Å². The zero-order chi connectivity index (χ0) is 10.4. The highest BCUT2D eigenvalue weighted by Gasteiger charge is 2.27. The molecule has 1 aromatic carbocycles. The lowest BCUT2D eigenvalue weighted by atomic mass is 10.2. The molecule has 2 N–H and O–H groups in total. The number of nitrogens with two attached hydrogens (primary N) is 1.